The molecule has 190 valence electrons. The minimum Gasteiger partial charge on any atom is -0.465 e. The minimum absolute atomic E-state index is 0.0261. The van der Waals surface area contributed by atoms with Crippen LogP contribution in [0.15, 0.2) is 54.1 Å². The van der Waals surface area contributed by atoms with E-state index in [1.165, 1.54) is 6.07 Å². The van der Waals surface area contributed by atoms with Crippen LogP contribution in [0.25, 0.3) is 5.57 Å². The summed E-state index contributed by atoms with van der Waals surface area (Å²) in [5, 5.41) is 12.2. The number of fused-ring (bicyclic) bond motifs is 1. The highest BCUT2D eigenvalue weighted by Gasteiger charge is 2.49. The van der Waals surface area contributed by atoms with E-state index >= 15 is 0 Å². The van der Waals surface area contributed by atoms with E-state index in [1.807, 2.05) is 6.92 Å². The van der Waals surface area contributed by atoms with Crippen molar-refractivity contribution in [3.63, 3.8) is 0 Å². The van der Waals surface area contributed by atoms with E-state index in [1.54, 1.807) is 49.4 Å². The van der Waals surface area contributed by atoms with Crippen LogP contribution in [-0.2, 0) is 24.5 Å². The second-order valence-electron chi connectivity index (χ2n) is 8.34. The van der Waals surface area contributed by atoms with Gasteiger partial charge in [0.25, 0.3) is 5.91 Å². The van der Waals surface area contributed by atoms with Crippen LogP contribution >= 0.6 is 11.6 Å². The molecular formula is C26H27ClN2O7. The van der Waals surface area contributed by atoms with Crippen LogP contribution in [0.1, 0.15) is 44.2 Å². The summed E-state index contributed by atoms with van der Waals surface area (Å²) in [6.07, 6.45) is -0.119. The number of imide groups is 1. The Morgan fingerprint density at radius 2 is 1.83 bits per heavy atom. The Hall–Kier alpha value is -3.72. The predicted molar refractivity (Wildman–Crippen MR) is 134 cm³/mol. The lowest BCUT2D eigenvalue weighted by molar-refractivity contribution is -0.488. The molecule has 10 heteroatoms. The van der Waals surface area contributed by atoms with Crippen molar-refractivity contribution in [1.82, 2.24) is 0 Å². The fraction of sp³-hybridized carbons (Fsp3) is 0.346. The van der Waals surface area contributed by atoms with Gasteiger partial charge in [0.15, 0.2) is 5.41 Å². The Labute approximate surface area is 213 Å². The number of nitrogens with zero attached hydrogens (tertiary/aromatic N) is 2. The quantitative estimate of drug-likeness (QED) is 0.196. The number of nitro groups is 1. The highest BCUT2D eigenvalue weighted by Crippen LogP contribution is 2.45. The van der Waals surface area contributed by atoms with Gasteiger partial charge in [0.2, 0.25) is 6.54 Å². The van der Waals surface area contributed by atoms with Gasteiger partial charge in [-0.25, -0.2) is 9.69 Å². The fourth-order valence-electron chi connectivity index (χ4n) is 4.57. The molecule has 0 unspecified atom stereocenters. The molecule has 0 aromatic heterocycles. The molecule has 2 aromatic carbocycles. The Morgan fingerprint density at radius 1 is 1.14 bits per heavy atom. The summed E-state index contributed by atoms with van der Waals surface area (Å²) in [6.45, 7) is 2.79. The van der Waals surface area contributed by atoms with Crippen molar-refractivity contribution in [3.8, 4) is 0 Å². The molecule has 9 nitrogen and oxygen atoms in total. The topological polar surface area (TPSA) is 116 Å². The monoisotopic (exact) mass is 514 g/mol. The normalized spacial score (nSPS) is 15.7. The molecule has 1 aliphatic heterocycles. The third kappa shape index (κ3) is 5.11. The predicted octanol–water partition coefficient (Wildman–Crippen LogP) is 5.17. The Morgan fingerprint density at radius 3 is 2.42 bits per heavy atom. The van der Waals surface area contributed by atoms with Crippen LogP contribution in [-0.4, -0.2) is 43.2 Å². The van der Waals surface area contributed by atoms with Gasteiger partial charge >= 0.3 is 12.1 Å². The molecule has 0 bridgehead atoms. The summed E-state index contributed by atoms with van der Waals surface area (Å²) in [5.74, 6) is -1.40. The molecule has 1 atom stereocenters. The number of halogens is 1. The average Bonchev–Trinajstić information content (AvgIpc) is 3.13. The van der Waals surface area contributed by atoms with Gasteiger partial charge in [0.05, 0.1) is 19.4 Å². The molecule has 36 heavy (non-hydrogen) atoms. The first-order valence-corrected chi connectivity index (χ1v) is 11.9. The smallest absolute Gasteiger partial charge is 0.421 e. The number of amides is 2. The number of hydrogen-bond donors (Lipinski definition) is 0. The van der Waals surface area contributed by atoms with Gasteiger partial charge in [-0.1, -0.05) is 60.9 Å². The van der Waals surface area contributed by atoms with Crippen molar-refractivity contribution in [1.29, 1.82) is 0 Å². The lowest BCUT2D eigenvalue weighted by Gasteiger charge is -2.30. The molecule has 0 aliphatic carbocycles. The van der Waals surface area contributed by atoms with Gasteiger partial charge in [0, 0.05) is 21.1 Å². The van der Waals surface area contributed by atoms with Crippen LogP contribution in [0.5, 0.6) is 0 Å². The third-order valence-corrected chi connectivity index (χ3v) is 6.29. The van der Waals surface area contributed by atoms with Gasteiger partial charge in [0.1, 0.15) is 0 Å². The third-order valence-electron chi connectivity index (χ3n) is 6.06. The zero-order valence-corrected chi connectivity index (χ0v) is 21.0. The molecule has 0 spiro atoms. The molecule has 3 rings (SSSR count). The van der Waals surface area contributed by atoms with E-state index in [0.717, 1.165) is 12.0 Å². The summed E-state index contributed by atoms with van der Waals surface area (Å²) >= 11 is 6.24. The zero-order chi connectivity index (χ0) is 26.5. The first-order valence-electron chi connectivity index (χ1n) is 11.5. The largest absolute Gasteiger partial charge is 0.465 e. The molecular weight excluding hydrogens is 488 g/mol. The summed E-state index contributed by atoms with van der Waals surface area (Å²) in [6, 6.07) is 13.0. The molecule has 0 fully saturated rings. The summed E-state index contributed by atoms with van der Waals surface area (Å²) < 4.78 is 10.2. The van der Waals surface area contributed by atoms with Crippen LogP contribution in [0.2, 0.25) is 5.02 Å². The molecule has 2 amide bonds. The maximum atomic E-state index is 13.6. The van der Waals surface area contributed by atoms with Crippen LogP contribution < -0.4 is 4.90 Å². The van der Waals surface area contributed by atoms with Crippen LogP contribution in [0.3, 0.4) is 0 Å². The molecule has 0 saturated heterocycles. The second kappa shape index (κ2) is 11.3. The highest BCUT2D eigenvalue weighted by atomic mass is 35.5. The standard InChI is InChI=1S/C26H27ClN2O7/c1-4-9-17(22-20-14-19(27)12-13-21(20)29(23(22)30)25(32)35-3)15-26(16-28(33)34,24(31)36-5-2)18-10-7-6-8-11-18/h6-8,10-14H,4-5,9,15-16H2,1-3H3/b22-17-/t26-/m1/s1. The number of rotatable bonds is 9. The van der Waals surface area contributed by atoms with Crippen molar-refractivity contribution in [3.05, 3.63) is 80.4 Å². The zero-order valence-electron chi connectivity index (χ0n) is 20.3. The molecule has 0 saturated carbocycles. The number of methoxy groups -OCH3 is 1. The first kappa shape index (κ1) is 26.9. The molecule has 0 N–H and O–H groups in total. The van der Waals surface area contributed by atoms with Crippen molar-refractivity contribution < 1.29 is 28.8 Å². The maximum absolute atomic E-state index is 13.6. The van der Waals surface area contributed by atoms with E-state index in [0.29, 0.717) is 34.6 Å². The van der Waals surface area contributed by atoms with Crippen molar-refractivity contribution in [2.24, 2.45) is 0 Å². The average molecular weight is 515 g/mol. The molecule has 2 aromatic rings. The molecule has 1 heterocycles. The number of carbonyl (C=O) groups is 3. The molecule has 0 radical (unpaired) electrons. The van der Waals surface area contributed by atoms with Gasteiger partial charge in [-0.15, -0.1) is 0 Å². The maximum Gasteiger partial charge on any atom is 0.421 e. The minimum atomic E-state index is -1.70. The van der Waals surface area contributed by atoms with Crippen LogP contribution in [0.4, 0.5) is 10.5 Å². The van der Waals surface area contributed by atoms with Crippen molar-refractivity contribution >= 4 is 40.8 Å². The first-order chi connectivity index (χ1) is 17.2. The lowest BCUT2D eigenvalue weighted by atomic mass is 9.73. The fourth-order valence-corrected chi connectivity index (χ4v) is 4.74. The van der Waals surface area contributed by atoms with Crippen molar-refractivity contribution in [2.45, 2.75) is 38.5 Å². The number of benzene rings is 2. The SMILES string of the molecule is CCC/C(C[C@](C[N+](=O)[O-])(C(=O)OCC)c1ccccc1)=C1/C(=O)N(C(=O)OC)c2ccc(Cl)cc21. The number of anilines is 1. The number of esters is 1. The van der Waals surface area contributed by atoms with Gasteiger partial charge in [-0.2, -0.15) is 0 Å². The summed E-state index contributed by atoms with van der Waals surface area (Å²) in [4.78, 5) is 51.7. The van der Waals surface area contributed by atoms with E-state index in [4.69, 9.17) is 21.1 Å². The number of ether oxygens (including phenoxy) is 2. The lowest BCUT2D eigenvalue weighted by Crippen LogP contribution is -2.44. The molecule has 1 aliphatic rings. The van der Waals surface area contributed by atoms with Gasteiger partial charge in [-0.05, 0) is 43.5 Å². The van der Waals surface area contributed by atoms with E-state index in [2.05, 4.69) is 0 Å². The Kier molecular flexibility index (Phi) is 8.47. The summed E-state index contributed by atoms with van der Waals surface area (Å²) in [7, 11) is 1.16. The van der Waals surface area contributed by atoms with E-state index in [9.17, 15) is 24.5 Å². The Bertz CT molecular complexity index is 1210. The number of carbonyl (C=O) groups excluding carboxylic acids is 3. The number of hydrogen-bond acceptors (Lipinski definition) is 7. The van der Waals surface area contributed by atoms with E-state index in [-0.39, 0.29) is 24.3 Å². The number of allylic oxidation sites excluding steroid dienone is 1. The van der Waals surface area contributed by atoms with E-state index < -0.39 is 34.9 Å². The van der Waals surface area contributed by atoms with Crippen molar-refractivity contribution in [2.75, 3.05) is 25.2 Å². The van der Waals surface area contributed by atoms with Gasteiger partial charge in [-0.3, -0.25) is 19.7 Å². The van der Waals surface area contributed by atoms with Crippen LogP contribution in [0, 0.1) is 10.1 Å². The second-order valence-corrected chi connectivity index (χ2v) is 8.77. The highest BCUT2D eigenvalue weighted by molar-refractivity contribution is 6.40. The van der Waals surface area contributed by atoms with Gasteiger partial charge < -0.3 is 9.47 Å². The Balaban J connectivity index is 2.31. The summed E-state index contributed by atoms with van der Waals surface area (Å²) in [5.41, 5.74) is 0.0411.